The van der Waals surface area contributed by atoms with Crippen molar-refractivity contribution in [1.82, 2.24) is 9.67 Å². The van der Waals surface area contributed by atoms with E-state index in [-0.39, 0.29) is 0 Å². The quantitative estimate of drug-likeness (QED) is 0.160. The Bertz CT molecular complexity index is 2870. The van der Waals surface area contributed by atoms with Crippen molar-refractivity contribution < 1.29 is 4.68 Å². The van der Waals surface area contributed by atoms with Gasteiger partial charge in [0.15, 0.2) is 0 Å². The molecule has 244 valence electrons. The van der Waals surface area contributed by atoms with E-state index in [1.54, 1.807) is 0 Å². The first-order valence-corrected chi connectivity index (χ1v) is 18.4. The average molecular weight is 683 g/mol. The third-order valence-electron chi connectivity index (χ3n) is 9.87. The minimum Gasteiger partial charge on any atom is -0.247 e. The summed E-state index contributed by atoms with van der Waals surface area (Å²) in [5.41, 5.74) is 12.5. The van der Waals surface area contributed by atoms with Crippen LogP contribution in [-0.4, -0.2) is 9.67 Å². The van der Waals surface area contributed by atoms with Gasteiger partial charge >= 0.3 is 0 Å². The summed E-state index contributed by atoms with van der Waals surface area (Å²) in [6.45, 7) is 0. The number of fused-ring (bicyclic) bond motifs is 4. The summed E-state index contributed by atoms with van der Waals surface area (Å²) < 4.78 is 5.79. The Morgan fingerprint density at radius 2 is 1.13 bits per heavy atom. The second kappa shape index (κ2) is 12.6. The van der Waals surface area contributed by atoms with Gasteiger partial charge < -0.3 is 0 Å². The van der Waals surface area contributed by atoms with Crippen molar-refractivity contribution in [3.05, 3.63) is 194 Å². The highest BCUT2D eigenvalue weighted by molar-refractivity contribution is 7.24. The van der Waals surface area contributed by atoms with Crippen molar-refractivity contribution in [3.63, 3.8) is 0 Å². The van der Waals surface area contributed by atoms with Gasteiger partial charge in [-0.15, -0.1) is 16.0 Å². The van der Waals surface area contributed by atoms with E-state index in [0.29, 0.717) is 0 Å². The summed E-state index contributed by atoms with van der Waals surface area (Å²) in [6, 6.07) is 67.0. The van der Waals surface area contributed by atoms with E-state index in [1.165, 1.54) is 53.6 Å². The molecule has 0 aliphatic heterocycles. The van der Waals surface area contributed by atoms with Gasteiger partial charge in [-0.2, -0.15) is 0 Å². The fraction of sp³-hybridized carbons (Fsp3) is 0. The summed E-state index contributed by atoms with van der Waals surface area (Å²) >= 11 is 1.87. The van der Waals surface area contributed by atoms with Crippen LogP contribution in [0, 0.1) is 0 Å². The lowest BCUT2D eigenvalue weighted by atomic mass is 9.93. The highest BCUT2D eigenvalue weighted by atomic mass is 32.1. The predicted octanol–water partition coefficient (Wildman–Crippen LogP) is 12.3. The van der Waals surface area contributed by atoms with Gasteiger partial charge in [-0.3, -0.25) is 0 Å². The maximum Gasteiger partial charge on any atom is 0.236 e. The summed E-state index contributed by atoms with van der Waals surface area (Å²) in [6.07, 6.45) is 2.22. The highest BCUT2D eigenvalue weighted by Crippen LogP contribution is 2.50. The molecule has 10 aromatic rings. The first-order chi connectivity index (χ1) is 25.8. The number of para-hydroxylation sites is 3. The van der Waals surface area contributed by atoms with Crippen molar-refractivity contribution in [1.29, 1.82) is 0 Å². The standard InChI is InChI=1S/C48H32N3S/c1-4-15-33(16-5-1)36-20-14-21-37(31-36)44-45-46(34-17-6-2-7-18-34)49-42-25-12-11-24-41(42)48(45)52-47(44)35-27-29-39(30-28-35)50-32-38-19-10-13-26-43(38)51(50)40-22-8-3-9-23-40/h1-32H/q+1. The van der Waals surface area contributed by atoms with Crippen LogP contribution < -0.4 is 4.68 Å². The van der Waals surface area contributed by atoms with Crippen LogP contribution in [0.1, 0.15) is 0 Å². The molecule has 0 amide bonds. The molecule has 7 aromatic carbocycles. The lowest BCUT2D eigenvalue weighted by Crippen LogP contribution is -2.39. The summed E-state index contributed by atoms with van der Waals surface area (Å²) in [5.74, 6) is 0. The van der Waals surface area contributed by atoms with Crippen LogP contribution in [0.25, 0.3) is 87.2 Å². The zero-order chi connectivity index (χ0) is 34.4. The molecule has 0 aliphatic rings. The highest BCUT2D eigenvalue weighted by Gasteiger charge is 2.24. The Balaban J connectivity index is 1.22. The van der Waals surface area contributed by atoms with Crippen LogP contribution in [0.3, 0.4) is 0 Å². The summed E-state index contributed by atoms with van der Waals surface area (Å²) in [5, 5.41) is 3.56. The van der Waals surface area contributed by atoms with Gasteiger partial charge in [-0.05, 0) is 70.8 Å². The van der Waals surface area contributed by atoms with Gasteiger partial charge in [0.1, 0.15) is 11.2 Å². The number of hydrogen-bond donors (Lipinski definition) is 0. The molecule has 3 nitrogen and oxygen atoms in total. The molecule has 3 heterocycles. The normalized spacial score (nSPS) is 11.5. The molecule has 0 radical (unpaired) electrons. The lowest BCUT2D eigenvalue weighted by Gasteiger charge is -2.12. The molecule has 10 rings (SSSR count). The van der Waals surface area contributed by atoms with Gasteiger partial charge in [0.05, 0.1) is 16.6 Å². The monoisotopic (exact) mass is 682 g/mol. The first-order valence-electron chi connectivity index (χ1n) is 17.6. The smallest absolute Gasteiger partial charge is 0.236 e. The summed E-state index contributed by atoms with van der Waals surface area (Å²) in [7, 11) is 0. The first kappa shape index (κ1) is 30.2. The number of pyridine rings is 1. The summed E-state index contributed by atoms with van der Waals surface area (Å²) in [4.78, 5) is 6.59. The number of benzene rings is 7. The third-order valence-corrected chi connectivity index (χ3v) is 11.1. The molecule has 0 saturated carbocycles. The number of aromatic nitrogens is 3. The van der Waals surface area contributed by atoms with Crippen LogP contribution >= 0.6 is 11.3 Å². The van der Waals surface area contributed by atoms with Crippen LogP contribution in [0.2, 0.25) is 0 Å². The van der Waals surface area contributed by atoms with Gasteiger partial charge in [0, 0.05) is 43.6 Å². The van der Waals surface area contributed by atoms with Gasteiger partial charge in [-0.1, -0.05) is 132 Å². The molecule has 4 heteroatoms. The Hall–Kier alpha value is -6.62. The van der Waals surface area contributed by atoms with Gasteiger partial charge in [0.2, 0.25) is 11.9 Å². The molecule has 0 aliphatic carbocycles. The lowest BCUT2D eigenvalue weighted by molar-refractivity contribution is -0.672. The second-order valence-corrected chi connectivity index (χ2v) is 14.0. The molecule has 0 saturated heterocycles. The fourth-order valence-electron chi connectivity index (χ4n) is 7.44. The Labute approximate surface area is 305 Å². The van der Waals surface area contributed by atoms with Crippen LogP contribution in [0.15, 0.2) is 194 Å². The minimum absolute atomic E-state index is 1.01. The molecule has 0 atom stereocenters. The van der Waals surface area contributed by atoms with Crippen molar-refractivity contribution in [2.75, 3.05) is 0 Å². The third kappa shape index (κ3) is 5.12. The van der Waals surface area contributed by atoms with Crippen molar-refractivity contribution >= 4 is 43.2 Å². The Kier molecular flexibility index (Phi) is 7.33. The minimum atomic E-state index is 1.01. The largest absolute Gasteiger partial charge is 0.247 e. The molecule has 0 bridgehead atoms. The van der Waals surface area contributed by atoms with E-state index in [0.717, 1.165) is 33.7 Å². The van der Waals surface area contributed by atoms with E-state index < -0.39 is 0 Å². The van der Waals surface area contributed by atoms with E-state index in [1.807, 2.05) is 11.3 Å². The topological polar surface area (TPSA) is 21.7 Å². The predicted molar refractivity (Wildman–Crippen MR) is 217 cm³/mol. The van der Waals surface area contributed by atoms with Crippen molar-refractivity contribution in [3.8, 4) is 55.3 Å². The van der Waals surface area contributed by atoms with Crippen LogP contribution in [0.5, 0.6) is 0 Å². The molecular formula is C48H32N3S+. The maximum absolute atomic E-state index is 5.36. The fourth-order valence-corrected chi connectivity index (χ4v) is 8.80. The van der Waals surface area contributed by atoms with Crippen molar-refractivity contribution in [2.24, 2.45) is 0 Å². The second-order valence-electron chi connectivity index (χ2n) is 13.0. The molecule has 0 unspecified atom stereocenters. The average Bonchev–Trinajstić information content (AvgIpc) is 3.82. The number of nitrogens with zero attached hydrogens (tertiary/aromatic N) is 3. The molecule has 0 spiro atoms. The van der Waals surface area contributed by atoms with Crippen molar-refractivity contribution in [2.45, 2.75) is 0 Å². The SMILES string of the molecule is c1ccc(-c2cccc(-c3c(-c4ccc(-[n+]5cc6ccccc6n5-c5ccccc5)cc4)sc4c3c(-c3ccccc3)nc3ccccc34)c2)cc1. The zero-order valence-electron chi connectivity index (χ0n) is 28.2. The number of thiophene rings is 1. The molecule has 0 fully saturated rings. The van der Waals surface area contributed by atoms with Crippen LogP contribution in [0.4, 0.5) is 0 Å². The molecular weight excluding hydrogens is 651 g/mol. The van der Waals surface area contributed by atoms with E-state index >= 15 is 0 Å². The van der Waals surface area contributed by atoms with Gasteiger partial charge in [-0.25, -0.2) is 4.98 Å². The van der Waals surface area contributed by atoms with Crippen LogP contribution in [-0.2, 0) is 0 Å². The van der Waals surface area contributed by atoms with E-state index in [9.17, 15) is 0 Å². The van der Waals surface area contributed by atoms with E-state index in [4.69, 9.17) is 4.98 Å². The molecule has 0 N–H and O–H groups in total. The molecule has 52 heavy (non-hydrogen) atoms. The Morgan fingerprint density at radius 3 is 1.92 bits per heavy atom. The molecule has 3 aromatic heterocycles. The Morgan fingerprint density at radius 1 is 0.500 bits per heavy atom. The van der Waals surface area contributed by atoms with Gasteiger partial charge in [0.25, 0.3) is 0 Å². The van der Waals surface area contributed by atoms with E-state index in [2.05, 4.69) is 204 Å². The zero-order valence-corrected chi connectivity index (χ0v) is 29.0. The number of rotatable bonds is 6. The maximum atomic E-state index is 5.36. The number of hydrogen-bond acceptors (Lipinski definition) is 2.